The van der Waals surface area contributed by atoms with Gasteiger partial charge in [0.1, 0.15) is 13.2 Å². The minimum Gasteiger partial charge on any atom is -0.756 e. The number of unbranched alkanes of at least 4 members (excludes halogenated alkanes) is 15. The predicted molar refractivity (Wildman–Crippen MR) is 242 cm³/mol. The van der Waals surface area contributed by atoms with Crippen LogP contribution in [0.3, 0.4) is 0 Å². The van der Waals surface area contributed by atoms with Crippen molar-refractivity contribution in [3.8, 4) is 0 Å². The zero-order chi connectivity index (χ0) is 42.1. The van der Waals surface area contributed by atoms with Crippen LogP contribution in [0.2, 0.25) is 0 Å². The summed E-state index contributed by atoms with van der Waals surface area (Å²) in [5.74, 6) is -0.180. The summed E-state index contributed by atoms with van der Waals surface area (Å²) in [4.78, 5) is 25.1. The Labute approximate surface area is 351 Å². The maximum Gasteiger partial charge on any atom is 0.268 e. The Kier molecular flexibility index (Phi) is 38.0. The number of phosphoric acid groups is 1. The molecule has 0 saturated heterocycles. The van der Waals surface area contributed by atoms with E-state index in [2.05, 4.69) is 92.1 Å². The van der Waals surface area contributed by atoms with Crippen molar-refractivity contribution in [2.75, 3.05) is 40.9 Å². The van der Waals surface area contributed by atoms with Crippen molar-refractivity contribution in [3.05, 3.63) is 72.9 Å². The van der Waals surface area contributed by atoms with Crippen LogP contribution in [0.5, 0.6) is 0 Å². The number of hydrogen-bond donors (Lipinski definition) is 2. The fraction of sp³-hybridized carbons (Fsp3) is 0.729. The number of quaternary nitrogens is 1. The molecule has 8 nitrogen and oxygen atoms in total. The minimum absolute atomic E-state index is 0.00765. The van der Waals surface area contributed by atoms with Gasteiger partial charge in [0.2, 0.25) is 5.91 Å². The van der Waals surface area contributed by atoms with Crippen molar-refractivity contribution in [3.63, 3.8) is 0 Å². The highest BCUT2D eigenvalue weighted by Gasteiger charge is 2.24. The normalized spacial score (nSPS) is 15.0. The van der Waals surface area contributed by atoms with Crippen molar-refractivity contribution in [1.29, 1.82) is 0 Å². The third kappa shape index (κ3) is 41.9. The van der Waals surface area contributed by atoms with Gasteiger partial charge in [0.05, 0.1) is 39.9 Å². The van der Waals surface area contributed by atoms with Crippen LogP contribution in [-0.2, 0) is 18.4 Å². The number of likely N-dealkylation sites (N-methyl/N-ethyl adjacent to an activating group) is 1. The molecule has 0 aromatic rings. The SMILES string of the molecule is CC/C=C\C/C=C\C/C=C\C/C=C\C/C=C\C/C=C\CCCCCCCCCCCCCCC(=O)NC(COP(=O)([O-])OCC[N+](C)(C)C)C(O)CCCCCC. The van der Waals surface area contributed by atoms with Crippen LogP contribution in [0.15, 0.2) is 72.9 Å². The molecule has 0 bridgehead atoms. The number of nitrogens with zero attached hydrogens (tertiary/aromatic N) is 1. The number of carbonyl (C=O) groups excluding carboxylic acids is 1. The highest BCUT2D eigenvalue weighted by atomic mass is 31.2. The van der Waals surface area contributed by atoms with E-state index >= 15 is 0 Å². The van der Waals surface area contributed by atoms with Crippen molar-refractivity contribution >= 4 is 13.7 Å². The van der Waals surface area contributed by atoms with Crippen molar-refractivity contribution in [1.82, 2.24) is 5.32 Å². The first-order valence-electron chi connectivity index (χ1n) is 22.8. The number of hydrogen-bond acceptors (Lipinski definition) is 6. The van der Waals surface area contributed by atoms with Crippen LogP contribution in [0.1, 0.15) is 174 Å². The molecule has 0 heterocycles. The largest absolute Gasteiger partial charge is 0.756 e. The molecular weight excluding hydrogens is 732 g/mol. The third-order valence-electron chi connectivity index (χ3n) is 9.71. The average Bonchev–Trinajstić information content (AvgIpc) is 3.16. The summed E-state index contributed by atoms with van der Waals surface area (Å²) in [7, 11) is 1.29. The number of nitrogens with one attached hydrogen (secondary N) is 1. The van der Waals surface area contributed by atoms with Gasteiger partial charge in [0.25, 0.3) is 7.82 Å². The summed E-state index contributed by atoms with van der Waals surface area (Å²) in [6, 6.07) is -0.800. The van der Waals surface area contributed by atoms with Crippen LogP contribution in [0, 0.1) is 0 Å². The first-order chi connectivity index (χ1) is 27.5. The predicted octanol–water partition coefficient (Wildman–Crippen LogP) is 12.2. The van der Waals surface area contributed by atoms with Crippen LogP contribution >= 0.6 is 7.82 Å². The molecule has 0 saturated carbocycles. The second kappa shape index (κ2) is 39.4. The number of phosphoric ester groups is 1. The number of rotatable bonds is 40. The highest BCUT2D eigenvalue weighted by molar-refractivity contribution is 7.45. The van der Waals surface area contributed by atoms with E-state index in [0.29, 0.717) is 23.9 Å². The van der Waals surface area contributed by atoms with Gasteiger partial charge in [-0.15, -0.1) is 0 Å². The zero-order valence-electron chi connectivity index (χ0n) is 37.3. The Morgan fingerprint density at radius 3 is 1.54 bits per heavy atom. The lowest BCUT2D eigenvalue weighted by molar-refractivity contribution is -0.870. The third-order valence-corrected chi connectivity index (χ3v) is 10.7. The summed E-state index contributed by atoms with van der Waals surface area (Å²) in [5.41, 5.74) is 0. The molecule has 330 valence electrons. The lowest BCUT2D eigenvalue weighted by Gasteiger charge is -2.30. The van der Waals surface area contributed by atoms with E-state index in [-0.39, 0.29) is 19.1 Å². The number of aliphatic hydroxyl groups is 1. The van der Waals surface area contributed by atoms with E-state index in [1.54, 1.807) is 0 Å². The van der Waals surface area contributed by atoms with Gasteiger partial charge in [0.15, 0.2) is 0 Å². The quantitative estimate of drug-likeness (QED) is 0.0276. The van der Waals surface area contributed by atoms with Crippen molar-refractivity contribution in [2.45, 2.75) is 187 Å². The summed E-state index contributed by atoms with van der Waals surface area (Å²) >= 11 is 0. The first kappa shape index (κ1) is 54.9. The Morgan fingerprint density at radius 1 is 0.632 bits per heavy atom. The van der Waals surface area contributed by atoms with E-state index in [1.165, 1.54) is 64.2 Å². The van der Waals surface area contributed by atoms with E-state index in [1.807, 2.05) is 21.1 Å². The average molecular weight is 819 g/mol. The Balaban J connectivity index is 3.91. The number of carbonyl (C=O) groups is 1. The topological polar surface area (TPSA) is 108 Å². The van der Waals surface area contributed by atoms with Crippen LogP contribution in [0.4, 0.5) is 0 Å². The minimum atomic E-state index is -4.55. The second-order valence-electron chi connectivity index (χ2n) is 16.4. The van der Waals surface area contributed by atoms with E-state index in [9.17, 15) is 19.4 Å². The summed E-state index contributed by atoms with van der Waals surface area (Å²) in [6.45, 7) is 4.46. The smallest absolute Gasteiger partial charge is 0.268 e. The molecule has 3 atom stereocenters. The molecule has 1 amide bonds. The standard InChI is InChI=1S/C48H87N2O6P/c1-6-8-10-12-13-14-15-16-17-18-19-20-21-22-23-24-25-26-27-28-29-30-31-32-33-34-35-36-37-38-40-42-48(52)49-46(47(51)41-39-11-9-7-2)45-56-57(53,54)55-44-43-50(3,4)5/h8,10,13-14,16-17,19-20,22-23,25-26,46-47,51H,6-7,9,11-12,15,18,21,24,27-45H2,1-5H3,(H-,49,52,53,54)/b10-8-,14-13-,17-16-,20-19-,23-22-,26-25-. The van der Waals surface area contributed by atoms with Gasteiger partial charge in [-0.2, -0.15) is 0 Å². The molecule has 0 aliphatic carbocycles. The van der Waals surface area contributed by atoms with Gasteiger partial charge in [-0.3, -0.25) is 9.36 Å². The van der Waals surface area contributed by atoms with Gasteiger partial charge in [-0.1, -0.05) is 177 Å². The van der Waals surface area contributed by atoms with Crippen molar-refractivity contribution in [2.24, 2.45) is 0 Å². The van der Waals surface area contributed by atoms with Gasteiger partial charge in [0, 0.05) is 6.42 Å². The van der Waals surface area contributed by atoms with Crippen LogP contribution in [0.25, 0.3) is 0 Å². The van der Waals surface area contributed by atoms with Crippen LogP contribution < -0.4 is 10.2 Å². The van der Waals surface area contributed by atoms with E-state index < -0.39 is 20.0 Å². The maximum atomic E-state index is 12.7. The van der Waals surface area contributed by atoms with Gasteiger partial charge >= 0.3 is 0 Å². The molecule has 9 heteroatoms. The monoisotopic (exact) mass is 819 g/mol. The molecule has 57 heavy (non-hydrogen) atoms. The molecule has 0 rings (SSSR count). The molecule has 0 fully saturated rings. The molecule has 0 aliphatic rings. The van der Waals surface area contributed by atoms with Crippen molar-refractivity contribution < 1.29 is 32.9 Å². The fourth-order valence-electron chi connectivity index (χ4n) is 6.10. The Hall–Kier alpha value is -2.06. The second-order valence-corrected chi connectivity index (χ2v) is 17.8. The van der Waals surface area contributed by atoms with Gasteiger partial charge in [-0.05, 0) is 64.2 Å². The van der Waals surface area contributed by atoms with Crippen LogP contribution in [-0.4, -0.2) is 68.5 Å². The lowest BCUT2D eigenvalue weighted by Crippen LogP contribution is -2.46. The molecule has 0 aliphatic heterocycles. The molecule has 0 radical (unpaired) electrons. The molecule has 2 N–H and O–H groups in total. The summed E-state index contributed by atoms with van der Waals surface area (Å²) < 4.78 is 23.0. The Morgan fingerprint density at radius 2 is 1.07 bits per heavy atom. The lowest BCUT2D eigenvalue weighted by atomic mass is 10.0. The Bertz CT molecular complexity index is 1160. The zero-order valence-corrected chi connectivity index (χ0v) is 38.2. The van der Waals surface area contributed by atoms with E-state index in [4.69, 9.17) is 9.05 Å². The molecular formula is C48H87N2O6P. The number of allylic oxidation sites excluding steroid dienone is 12. The summed E-state index contributed by atoms with van der Waals surface area (Å²) in [6.07, 6.45) is 52.7. The molecule has 0 aromatic heterocycles. The molecule has 0 spiro atoms. The van der Waals surface area contributed by atoms with E-state index in [0.717, 1.165) is 83.5 Å². The number of amides is 1. The van der Waals surface area contributed by atoms with Gasteiger partial charge < -0.3 is 28.8 Å². The fourth-order valence-corrected chi connectivity index (χ4v) is 6.82. The maximum absolute atomic E-state index is 12.7. The molecule has 3 unspecified atom stereocenters. The molecule has 0 aromatic carbocycles. The summed E-state index contributed by atoms with van der Waals surface area (Å²) in [5, 5.41) is 13.6. The number of aliphatic hydroxyl groups excluding tert-OH is 1. The first-order valence-corrected chi connectivity index (χ1v) is 24.2. The van der Waals surface area contributed by atoms with Gasteiger partial charge in [-0.25, -0.2) is 0 Å². The highest BCUT2D eigenvalue weighted by Crippen LogP contribution is 2.38.